The molecule has 8 heteroatoms. The van der Waals surface area contributed by atoms with Crippen LogP contribution < -0.4 is 16.6 Å². The molecule has 0 aromatic carbocycles. The van der Waals surface area contributed by atoms with Crippen molar-refractivity contribution in [2.45, 2.75) is 32.2 Å². The van der Waals surface area contributed by atoms with Crippen LogP contribution in [-0.4, -0.2) is 38.8 Å². The van der Waals surface area contributed by atoms with E-state index in [0.717, 1.165) is 11.0 Å². The number of nitrogens with zero attached hydrogens (tertiary/aromatic N) is 3. The van der Waals surface area contributed by atoms with E-state index in [4.69, 9.17) is 4.74 Å². The first-order valence-corrected chi connectivity index (χ1v) is 8.27. The molecule has 2 aromatic heterocycles. The topological polar surface area (TPSA) is 95.2 Å². The summed E-state index contributed by atoms with van der Waals surface area (Å²) in [7, 11) is 2.99. The molecule has 1 atom stereocenters. The number of aryl methyl sites for hydroxylation is 2. The van der Waals surface area contributed by atoms with Crippen molar-refractivity contribution in [1.29, 1.82) is 0 Å². The van der Waals surface area contributed by atoms with Crippen LogP contribution >= 0.6 is 0 Å². The van der Waals surface area contributed by atoms with Crippen LogP contribution in [-0.2, 0) is 25.3 Å². The van der Waals surface area contributed by atoms with Crippen LogP contribution in [0, 0.1) is 0 Å². The molecule has 8 nitrogen and oxygen atoms in total. The zero-order valence-corrected chi connectivity index (χ0v) is 14.9. The summed E-state index contributed by atoms with van der Waals surface area (Å²) in [5.74, 6) is -0.282. The molecule has 1 aliphatic heterocycles. The first-order valence-electron chi connectivity index (χ1n) is 8.27. The molecule has 1 unspecified atom stereocenters. The molecule has 3 heterocycles. The molecular weight excluding hydrogens is 324 g/mol. The molecule has 0 bridgehead atoms. The van der Waals surface area contributed by atoms with Crippen molar-refractivity contribution in [3.8, 4) is 0 Å². The smallest absolute Gasteiger partial charge is 0.332 e. The molecule has 0 aliphatic carbocycles. The molecule has 1 fully saturated rings. The number of hydrogen-bond acceptors (Lipinski definition) is 5. The molecule has 0 radical (unpaired) electrons. The number of carbonyl (C=O) groups is 1. The third kappa shape index (κ3) is 2.76. The summed E-state index contributed by atoms with van der Waals surface area (Å²) in [5.41, 5.74) is -0.0599. The maximum Gasteiger partial charge on any atom is 0.332 e. The maximum atomic E-state index is 12.8. The molecule has 0 saturated carbocycles. The van der Waals surface area contributed by atoms with Crippen molar-refractivity contribution in [2.75, 3.05) is 13.2 Å². The predicted octanol–water partition coefficient (Wildman–Crippen LogP) is 0.103. The lowest BCUT2D eigenvalue weighted by Gasteiger charge is -2.24. The molecule has 1 amide bonds. The summed E-state index contributed by atoms with van der Waals surface area (Å²) < 4.78 is 7.73. The number of hydrogen-bond donors (Lipinski definition) is 1. The maximum absolute atomic E-state index is 12.8. The molecule has 1 aliphatic rings. The average Bonchev–Trinajstić information content (AvgIpc) is 3.02. The van der Waals surface area contributed by atoms with Gasteiger partial charge in [0.2, 0.25) is 0 Å². The van der Waals surface area contributed by atoms with Crippen molar-refractivity contribution in [3.05, 3.63) is 38.2 Å². The van der Waals surface area contributed by atoms with Crippen LogP contribution in [0.3, 0.4) is 0 Å². The monoisotopic (exact) mass is 346 g/mol. The summed E-state index contributed by atoms with van der Waals surface area (Å²) in [4.78, 5) is 41.7. The number of fused-ring (bicyclic) bond motifs is 1. The van der Waals surface area contributed by atoms with E-state index < -0.39 is 16.8 Å². The zero-order valence-electron chi connectivity index (χ0n) is 14.9. The van der Waals surface area contributed by atoms with Crippen molar-refractivity contribution >= 4 is 16.9 Å². The Labute approximate surface area is 144 Å². The Bertz CT molecular complexity index is 967. The fourth-order valence-corrected chi connectivity index (χ4v) is 3.26. The number of carbonyl (C=O) groups excluding carboxylic acids is 1. The van der Waals surface area contributed by atoms with E-state index in [1.165, 1.54) is 17.8 Å². The van der Waals surface area contributed by atoms with E-state index in [0.29, 0.717) is 36.1 Å². The van der Waals surface area contributed by atoms with Gasteiger partial charge in [0.1, 0.15) is 5.65 Å². The molecule has 134 valence electrons. The van der Waals surface area contributed by atoms with Crippen molar-refractivity contribution < 1.29 is 9.53 Å². The Morgan fingerprint density at radius 3 is 2.68 bits per heavy atom. The third-order valence-electron chi connectivity index (χ3n) is 4.81. The Balaban J connectivity index is 2.19. The molecule has 3 rings (SSSR count). The van der Waals surface area contributed by atoms with E-state index in [-0.39, 0.29) is 11.6 Å². The summed E-state index contributed by atoms with van der Waals surface area (Å²) >= 11 is 0. The van der Waals surface area contributed by atoms with Crippen LogP contribution in [0.5, 0.6) is 0 Å². The highest BCUT2D eigenvalue weighted by molar-refractivity contribution is 5.99. The lowest BCUT2D eigenvalue weighted by atomic mass is 9.99. The summed E-state index contributed by atoms with van der Waals surface area (Å²) in [5, 5.41) is 3.30. The lowest BCUT2D eigenvalue weighted by Crippen LogP contribution is -2.47. The largest absolute Gasteiger partial charge is 0.379 e. The van der Waals surface area contributed by atoms with Gasteiger partial charge < -0.3 is 10.1 Å². The normalized spacial score (nSPS) is 20.2. The van der Waals surface area contributed by atoms with Gasteiger partial charge >= 0.3 is 5.69 Å². The minimum absolute atomic E-state index is 0.282. The molecule has 25 heavy (non-hydrogen) atoms. The number of amides is 1. The van der Waals surface area contributed by atoms with Gasteiger partial charge in [-0.3, -0.25) is 18.7 Å². The van der Waals surface area contributed by atoms with E-state index in [1.807, 2.05) is 13.8 Å². The van der Waals surface area contributed by atoms with Gasteiger partial charge in [0.05, 0.1) is 23.1 Å². The lowest BCUT2D eigenvalue weighted by molar-refractivity contribution is 0.0888. The van der Waals surface area contributed by atoms with E-state index in [9.17, 15) is 14.4 Å². The van der Waals surface area contributed by atoms with Crippen LogP contribution in [0.4, 0.5) is 0 Å². The molecular formula is C17H22N4O4. The number of aromatic nitrogens is 3. The van der Waals surface area contributed by atoms with Crippen LogP contribution in [0.1, 0.15) is 36.2 Å². The van der Waals surface area contributed by atoms with Gasteiger partial charge in [0, 0.05) is 26.9 Å². The van der Waals surface area contributed by atoms with Gasteiger partial charge in [0.15, 0.2) is 0 Å². The van der Waals surface area contributed by atoms with Gasteiger partial charge in [0.25, 0.3) is 11.5 Å². The van der Waals surface area contributed by atoms with Gasteiger partial charge in [-0.05, 0) is 25.3 Å². The van der Waals surface area contributed by atoms with Gasteiger partial charge in [-0.1, -0.05) is 6.92 Å². The molecule has 2 aromatic rings. The summed E-state index contributed by atoms with van der Waals surface area (Å²) in [6, 6.07) is 0. The third-order valence-corrected chi connectivity index (χ3v) is 4.81. The second-order valence-electron chi connectivity index (χ2n) is 6.73. The number of rotatable bonds is 3. The van der Waals surface area contributed by atoms with Crippen molar-refractivity contribution in [2.24, 2.45) is 14.1 Å². The second-order valence-corrected chi connectivity index (χ2v) is 6.73. The minimum atomic E-state index is -0.445. The van der Waals surface area contributed by atoms with E-state index in [2.05, 4.69) is 10.3 Å². The minimum Gasteiger partial charge on any atom is -0.379 e. The highest BCUT2D eigenvalue weighted by Crippen LogP contribution is 2.21. The van der Waals surface area contributed by atoms with E-state index in [1.54, 1.807) is 7.05 Å². The van der Waals surface area contributed by atoms with Crippen molar-refractivity contribution in [3.63, 3.8) is 0 Å². The Morgan fingerprint density at radius 2 is 2.08 bits per heavy atom. The molecule has 1 N–H and O–H groups in total. The van der Waals surface area contributed by atoms with Crippen LogP contribution in [0.15, 0.2) is 15.8 Å². The average molecular weight is 346 g/mol. The fourth-order valence-electron chi connectivity index (χ4n) is 3.26. The quantitative estimate of drug-likeness (QED) is 0.851. The Morgan fingerprint density at radius 1 is 1.36 bits per heavy atom. The molecule has 1 saturated heterocycles. The van der Waals surface area contributed by atoms with E-state index >= 15 is 0 Å². The first-order chi connectivity index (χ1) is 11.8. The molecule has 0 spiro atoms. The van der Waals surface area contributed by atoms with Gasteiger partial charge in [-0.25, -0.2) is 9.78 Å². The standard InChI is InChI=1S/C17H22N4O4/c1-5-10-11(14(22)19-17(2)6-7-25-9-17)8-18-13-12(10)15(23)21(4)16(24)20(13)3/h8H,5-7,9H2,1-4H3,(H,19,22). The highest BCUT2D eigenvalue weighted by Gasteiger charge is 2.32. The van der Waals surface area contributed by atoms with Gasteiger partial charge in [-0.2, -0.15) is 0 Å². The number of pyridine rings is 1. The Hall–Kier alpha value is -2.48. The number of ether oxygens (including phenoxy) is 1. The van der Waals surface area contributed by atoms with Crippen LogP contribution in [0.2, 0.25) is 0 Å². The number of nitrogens with one attached hydrogen (secondary N) is 1. The van der Waals surface area contributed by atoms with Crippen molar-refractivity contribution in [1.82, 2.24) is 19.4 Å². The summed E-state index contributed by atoms with van der Waals surface area (Å²) in [6.45, 7) is 4.87. The summed E-state index contributed by atoms with van der Waals surface area (Å²) in [6.07, 6.45) is 2.65. The fraction of sp³-hybridized carbons (Fsp3) is 0.529. The highest BCUT2D eigenvalue weighted by atomic mass is 16.5. The first kappa shape index (κ1) is 17.3. The SMILES string of the molecule is CCc1c(C(=O)NC2(C)CCOC2)cnc2c1c(=O)n(C)c(=O)n2C. The Kier molecular flexibility index (Phi) is 4.24. The zero-order chi connectivity index (χ0) is 18.4. The van der Waals surface area contributed by atoms with Crippen LogP contribution in [0.25, 0.3) is 11.0 Å². The predicted molar refractivity (Wildman–Crippen MR) is 92.9 cm³/mol. The second kappa shape index (κ2) is 6.11. The van der Waals surface area contributed by atoms with Gasteiger partial charge in [-0.15, -0.1) is 0 Å².